The van der Waals surface area contributed by atoms with Crippen LogP contribution in [0.2, 0.25) is 0 Å². The van der Waals surface area contributed by atoms with E-state index in [-0.39, 0.29) is 5.56 Å². The number of hydrogen-bond acceptors (Lipinski definition) is 2. The normalized spacial score (nSPS) is 10.0. The minimum atomic E-state index is -0.235. The van der Waals surface area contributed by atoms with Gasteiger partial charge in [-0.15, -0.1) is 0 Å². The molecule has 1 aromatic heterocycles. The van der Waals surface area contributed by atoms with Gasteiger partial charge in [-0.25, -0.2) is 0 Å². The second-order valence-electron chi connectivity index (χ2n) is 2.88. The van der Waals surface area contributed by atoms with Crippen LogP contribution in [0.4, 0.5) is 0 Å². The Balaban J connectivity index is 2.02. The highest BCUT2D eigenvalue weighted by Crippen LogP contribution is 2.04. The molecule has 0 aliphatic carbocycles. The fraction of sp³-hybridized carbons (Fsp3) is 0.100. The Kier molecular flexibility index (Phi) is 2.36. The number of aromatic nitrogens is 2. The molecule has 0 saturated heterocycles. The van der Waals surface area contributed by atoms with E-state index in [1.54, 1.807) is 0 Å². The summed E-state index contributed by atoms with van der Waals surface area (Å²) in [4.78, 5) is 11.0. The SMILES string of the molecule is O=c1[nH][nH]cc1OCc1ccccc1. The molecule has 1 heterocycles. The predicted octanol–water partition coefficient (Wildman–Crippen LogP) is 1.28. The molecule has 0 fully saturated rings. The van der Waals surface area contributed by atoms with E-state index in [0.29, 0.717) is 12.4 Å². The minimum Gasteiger partial charge on any atom is -0.482 e. The van der Waals surface area contributed by atoms with Crippen molar-refractivity contribution in [2.75, 3.05) is 0 Å². The third kappa shape index (κ3) is 1.85. The molecule has 0 saturated carbocycles. The smallest absolute Gasteiger partial charge is 0.306 e. The van der Waals surface area contributed by atoms with E-state index in [1.165, 1.54) is 6.20 Å². The van der Waals surface area contributed by atoms with Gasteiger partial charge in [0.2, 0.25) is 5.75 Å². The molecule has 2 N–H and O–H groups in total. The molecule has 1 aromatic carbocycles. The third-order valence-electron chi connectivity index (χ3n) is 1.85. The number of rotatable bonds is 3. The molecule has 0 aliphatic rings. The topological polar surface area (TPSA) is 57.9 Å². The first kappa shape index (κ1) is 8.62. The lowest BCUT2D eigenvalue weighted by molar-refractivity contribution is 0.303. The van der Waals surface area contributed by atoms with Crippen molar-refractivity contribution in [1.82, 2.24) is 10.2 Å². The third-order valence-corrected chi connectivity index (χ3v) is 1.85. The summed E-state index contributed by atoms with van der Waals surface area (Å²) in [7, 11) is 0. The van der Waals surface area contributed by atoms with Crippen molar-refractivity contribution < 1.29 is 4.74 Å². The average molecular weight is 190 g/mol. The monoisotopic (exact) mass is 190 g/mol. The van der Waals surface area contributed by atoms with Crippen LogP contribution in [0.3, 0.4) is 0 Å². The lowest BCUT2D eigenvalue weighted by Crippen LogP contribution is -2.05. The molecule has 0 radical (unpaired) electrons. The Bertz CT molecular complexity index is 444. The molecule has 0 aliphatic heterocycles. The molecule has 0 unspecified atom stereocenters. The van der Waals surface area contributed by atoms with E-state index in [4.69, 9.17) is 4.74 Å². The Morgan fingerprint density at radius 1 is 1.21 bits per heavy atom. The maximum Gasteiger partial charge on any atom is 0.306 e. The first-order chi connectivity index (χ1) is 6.86. The summed E-state index contributed by atoms with van der Waals surface area (Å²) in [5.41, 5.74) is 0.800. The van der Waals surface area contributed by atoms with Gasteiger partial charge >= 0.3 is 5.56 Å². The van der Waals surface area contributed by atoms with Gasteiger partial charge in [0.25, 0.3) is 0 Å². The summed E-state index contributed by atoms with van der Waals surface area (Å²) in [6.07, 6.45) is 1.51. The van der Waals surface area contributed by atoms with Gasteiger partial charge in [0, 0.05) is 0 Å². The van der Waals surface area contributed by atoms with E-state index in [1.807, 2.05) is 30.3 Å². The standard InChI is InChI=1S/C10H10N2O2/c13-10-9(6-11-12-10)14-7-8-4-2-1-3-5-8/h1-6H,7H2,(H2,11,12,13). The summed E-state index contributed by atoms with van der Waals surface area (Å²) in [5.74, 6) is 0.314. The second kappa shape index (κ2) is 3.83. The van der Waals surface area contributed by atoms with Crippen molar-refractivity contribution in [3.63, 3.8) is 0 Å². The van der Waals surface area contributed by atoms with Crippen LogP contribution in [0.15, 0.2) is 41.3 Å². The van der Waals surface area contributed by atoms with E-state index >= 15 is 0 Å². The Labute approximate surface area is 80.5 Å². The summed E-state index contributed by atoms with van der Waals surface area (Å²) >= 11 is 0. The number of H-pyrrole nitrogens is 2. The van der Waals surface area contributed by atoms with Crippen LogP contribution in [0.25, 0.3) is 0 Å². The predicted molar refractivity (Wildman–Crippen MR) is 52.2 cm³/mol. The molecule has 2 aromatic rings. The summed E-state index contributed by atoms with van der Waals surface area (Å²) in [5, 5.41) is 4.97. The molecule has 14 heavy (non-hydrogen) atoms. The zero-order chi connectivity index (χ0) is 9.80. The summed E-state index contributed by atoms with van der Waals surface area (Å²) in [6, 6.07) is 9.69. The molecule has 0 atom stereocenters. The van der Waals surface area contributed by atoms with Crippen molar-refractivity contribution in [3.05, 3.63) is 52.4 Å². The maximum atomic E-state index is 11.0. The van der Waals surface area contributed by atoms with E-state index in [0.717, 1.165) is 5.56 Å². The van der Waals surface area contributed by atoms with E-state index in [9.17, 15) is 4.79 Å². The van der Waals surface area contributed by atoms with Gasteiger partial charge in [-0.3, -0.25) is 9.89 Å². The fourth-order valence-electron chi connectivity index (χ4n) is 1.14. The molecule has 4 nitrogen and oxygen atoms in total. The first-order valence-electron chi connectivity index (χ1n) is 4.29. The van der Waals surface area contributed by atoms with Crippen molar-refractivity contribution >= 4 is 0 Å². The highest BCUT2D eigenvalue weighted by Gasteiger charge is 2.00. The Morgan fingerprint density at radius 2 is 2.00 bits per heavy atom. The van der Waals surface area contributed by atoms with Gasteiger partial charge in [0.15, 0.2) is 0 Å². The molecular formula is C10H10N2O2. The molecule has 0 amide bonds. The van der Waals surface area contributed by atoms with Gasteiger partial charge in [-0.1, -0.05) is 30.3 Å². The van der Waals surface area contributed by atoms with E-state index < -0.39 is 0 Å². The minimum absolute atomic E-state index is 0.235. The first-order valence-corrected chi connectivity index (χ1v) is 4.29. The van der Waals surface area contributed by atoms with Gasteiger partial charge < -0.3 is 9.84 Å². The van der Waals surface area contributed by atoms with Gasteiger partial charge in [-0.2, -0.15) is 0 Å². The van der Waals surface area contributed by atoms with Crippen LogP contribution in [0.5, 0.6) is 5.75 Å². The number of benzene rings is 1. The Morgan fingerprint density at radius 3 is 2.64 bits per heavy atom. The van der Waals surface area contributed by atoms with Crippen LogP contribution < -0.4 is 10.3 Å². The summed E-state index contributed by atoms with van der Waals surface area (Å²) in [6.45, 7) is 0.405. The van der Waals surface area contributed by atoms with Crippen LogP contribution in [-0.2, 0) is 6.61 Å². The number of ether oxygens (including phenoxy) is 1. The largest absolute Gasteiger partial charge is 0.482 e. The lowest BCUT2D eigenvalue weighted by atomic mass is 10.2. The second-order valence-corrected chi connectivity index (χ2v) is 2.88. The quantitative estimate of drug-likeness (QED) is 0.766. The summed E-state index contributed by atoms with van der Waals surface area (Å²) < 4.78 is 5.29. The lowest BCUT2D eigenvalue weighted by Gasteiger charge is -2.01. The highest BCUT2D eigenvalue weighted by molar-refractivity contribution is 5.16. The number of hydrogen-bond donors (Lipinski definition) is 2. The molecule has 0 spiro atoms. The van der Waals surface area contributed by atoms with Crippen LogP contribution in [0.1, 0.15) is 5.56 Å². The van der Waals surface area contributed by atoms with Crippen LogP contribution in [0, 0.1) is 0 Å². The molecule has 0 bridgehead atoms. The van der Waals surface area contributed by atoms with Crippen LogP contribution in [-0.4, -0.2) is 10.2 Å². The van der Waals surface area contributed by atoms with Gasteiger partial charge in [-0.05, 0) is 5.56 Å². The van der Waals surface area contributed by atoms with E-state index in [2.05, 4.69) is 10.2 Å². The van der Waals surface area contributed by atoms with Crippen molar-refractivity contribution in [3.8, 4) is 5.75 Å². The number of nitrogens with one attached hydrogen (secondary N) is 2. The van der Waals surface area contributed by atoms with Gasteiger partial charge in [0.1, 0.15) is 6.61 Å². The Hall–Kier alpha value is -1.97. The molecular weight excluding hydrogens is 180 g/mol. The van der Waals surface area contributed by atoms with Gasteiger partial charge in [0.05, 0.1) is 6.20 Å². The molecule has 4 heteroatoms. The number of aromatic amines is 2. The van der Waals surface area contributed by atoms with Crippen molar-refractivity contribution in [2.24, 2.45) is 0 Å². The van der Waals surface area contributed by atoms with Crippen LogP contribution >= 0.6 is 0 Å². The zero-order valence-electron chi connectivity index (χ0n) is 7.49. The van der Waals surface area contributed by atoms with Crippen molar-refractivity contribution in [1.29, 1.82) is 0 Å². The maximum absolute atomic E-state index is 11.0. The fourth-order valence-corrected chi connectivity index (χ4v) is 1.14. The zero-order valence-corrected chi connectivity index (χ0v) is 7.49. The molecule has 2 rings (SSSR count). The van der Waals surface area contributed by atoms with Crippen molar-refractivity contribution in [2.45, 2.75) is 6.61 Å². The highest BCUT2D eigenvalue weighted by atomic mass is 16.5. The molecule has 72 valence electrons. The average Bonchev–Trinajstić information content (AvgIpc) is 2.63.